The number of carbonyl (C=O) groups is 1. The van der Waals surface area contributed by atoms with Crippen LogP contribution in [0.1, 0.15) is 29.8 Å². The molecule has 3 aromatic rings. The maximum absolute atomic E-state index is 11.5. The fourth-order valence-corrected chi connectivity index (χ4v) is 2.39. The number of hydrogen-bond donors (Lipinski definition) is 0. The van der Waals surface area contributed by atoms with Crippen LogP contribution in [0.3, 0.4) is 0 Å². The smallest absolute Gasteiger partial charge is 0.337 e. The van der Waals surface area contributed by atoms with Gasteiger partial charge in [0.15, 0.2) is 5.82 Å². The van der Waals surface area contributed by atoms with Gasteiger partial charge in [0.05, 0.1) is 19.2 Å². The Bertz CT molecular complexity index is 813. The molecule has 3 rings (SSSR count). The van der Waals surface area contributed by atoms with E-state index in [0.717, 1.165) is 17.2 Å². The lowest BCUT2D eigenvalue weighted by molar-refractivity contribution is 0.0600. The van der Waals surface area contributed by atoms with E-state index in [1.807, 2.05) is 68.4 Å². The Morgan fingerprint density at radius 1 is 1.08 bits per heavy atom. The molecule has 0 unspecified atom stereocenters. The summed E-state index contributed by atoms with van der Waals surface area (Å²) in [5.74, 6) is 1.29. The maximum atomic E-state index is 11.5. The van der Waals surface area contributed by atoms with Gasteiger partial charge in [0.25, 0.3) is 0 Å². The first-order valence-electron chi connectivity index (χ1n) is 8.53. The number of ether oxygens (including phenoxy) is 1. The first kappa shape index (κ1) is 19.2. The van der Waals surface area contributed by atoms with E-state index in [1.165, 1.54) is 7.11 Å². The highest BCUT2D eigenvalue weighted by Gasteiger charge is 2.14. The lowest BCUT2D eigenvalue weighted by Gasteiger charge is -2.21. The molecule has 0 aliphatic heterocycles. The zero-order chi connectivity index (χ0) is 18.9. The molecule has 0 spiro atoms. The van der Waals surface area contributed by atoms with E-state index >= 15 is 0 Å². The van der Waals surface area contributed by atoms with Crippen molar-refractivity contribution in [3.8, 4) is 0 Å². The molecule has 0 fully saturated rings. The molecule has 26 heavy (non-hydrogen) atoms. The molecular formula is C20H24N4O2. The Hall–Kier alpha value is -3.15. The summed E-state index contributed by atoms with van der Waals surface area (Å²) in [5.41, 5.74) is 1.57. The van der Waals surface area contributed by atoms with Crippen molar-refractivity contribution in [2.75, 3.05) is 12.0 Å². The molecule has 0 saturated carbocycles. The van der Waals surface area contributed by atoms with Crippen molar-refractivity contribution in [3.63, 3.8) is 0 Å². The van der Waals surface area contributed by atoms with Gasteiger partial charge in [0.1, 0.15) is 5.82 Å². The normalized spacial score (nSPS) is 9.85. The summed E-state index contributed by atoms with van der Waals surface area (Å²) in [7, 11) is 3.26. The predicted molar refractivity (Wildman–Crippen MR) is 102 cm³/mol. The second kappa shape index (κ2) is 9.36. The molecule has 0 atom stereocenters. The van der Waals surface area contributed by atoms with Crippen molar-refractivity contribution in [1.29, 1.82) is 0 Å². The van der Waals surface area contributed by atoms with Gasteiger partial charge in [-0.05, 0) is 29.8 Å². The molecule has 0 N–H and O–H groups in total. The first-order chi connectivity index (χ1) is 12.7. The Labute approximate surface area is 154 Å². The number of aryl methyl sites for hydroxylation is 1. The third kappa shape index (κ3) is 4.69. The minimum absolute atomic E-state index is 0.340. The zero-order valence-electron chi connectivity index (χ0n) is 15.6. The van der Waals surface area contributed by atoms with Gasteiger partial charge in [0, 0.05) is 25.5 Å². The molecule has 0 saturated heterocycles. The number of rotatable bonds is 5. The van der Waals surface area contributed by atoms with Crippen LogP contribution >= 0.6 is 0 Å². The molecule has 0 radical (unpaired) electrons. The van der Waals surface area contributed by atoms with Crippen LogP contribution in [0.25, 0.3) is 0 Å². The summed E-state index contributed by atoms with van der Waals surface area (Å²) in [6.45, 7) is 4.59. The zero-order valence-corrected chi connectivity index (χ0v) is 15.6. The fraction of sp³-hybridized carbons (Fsp3) is 0.250. The minimum Gasteiger partial charge on any atom is -0.465 e. The highest BCUT2D eigenvalue weighted by Crippen LogP contribution is 2.24. The number of hydrogen-bond acceptors (Lipinski definition) is 5. The predicted octanol–water partition coefficient (Wildman–Crippen LogP) is 3.97. The number of esters is 1. The van der Waals surface area contributed by atoms with E-state index in [-0.39, 0.29) is 5.97 Å². The van der Waals surface area contributed by atoms with Crippen LogP contribution in [-0.4, -0.2) is 27.8 Å². The number of pyridine rings is 1. The summed E-state index contributed by atoms with van der Waals surface area (Å²) in [6.07, 6.45) is 3.65. The molecule has 1 aromatic carbocycles. The lowest BCUT2D eigenvalue weighted by Crippen LogP contribution is -2.18. The Balaban J connectivity index is 0.00000117. The molecule has 6 heteroatoms. The van der Waals surface area contributed by atoms with Crippen LogP contribution in [0.15, 0.2) is 60.9 Å². The van der Waals surface area contributed by atoms with Gasteiger partial charge in [-0.1, -0.05) is 32.0 Å². The molecular weight excluding hydrogens is 328 g/mol. The highest BCUT2D eigenvalue weighted by molar-refractivity contribution is 5.89. The topological polar surface area (TPSA) is 60.2 Å². The Morgan fingerprint density at radius 3 is 2.35 bits per heavy atom. The minimum atomic E-state index is -0.340. The van der Waals surface area contributed by atoms with Crippen LogP contribution in [-0.2, 0) is 18.3 Å². The van der Waals surface area contributed by atoms with Crippen molar-refractivity contribution in [2.45, 2.75) is 20.4 Å². The second-order valence-electron chi connectivity index (χ2n) is 5.31. The molecule has 2 aromatic heterocycles. The van der Waals surface area contributed by atoms with Crippen molar-refractivity contribution in [3.05, 3.63) is 72.1 Å². The molecule has 2 heterocycles. The van der Waals surface area contributed by atoms with Crippen molar-refractivity contribution in [2.24, 2.45) is 7.05 Å². The summed E-state index contributed by atoms with van der Waals surface area (Å²) in [5, 5.41) is 4.47. The number of nitrogens with zero attached hydrogens (tertiary/aromatic N) is 4. The summed E-state index contributed by atoms with van der Waals surface area (Å²) >= 11 is 0. The monoisotopic (exact) mass is 352 g/mol. The maximum Gasteiger partial charge on any atom is 0.337 e. The average Bonchev–Trinajstić information content (AvgIpc) is 3.14. The third-order valence-electron chi connectivity index (χ3n) is 3.62. The molecule has 0 aliphatic rings. The van der Waals surface area contributed by atoms with Gasteiger partial charge in [-0.2, -0.15) is 5.10 Å². The quantitative estimate of drug-likeness (QED) is 0.650. The average molecular weight is 352 g/mol. The van der Waals surface area contributed by atoms with Crippen molar-refractivity contribution >= 4 is 17.6 Å². The highest BCUT2D eigenvalue weighted by atomic mass is 16.5. The number of aromatic nitrogens is 3. The first-order valence-corrected chi connectivity index (χ1v) is 8.53. The lowest BCUT2D eigenvalue weighted by atomic mass is 10.1. The number of carbonyl (C=O) groups excluding carboxylic acids is 1. The molecule has 6 nitrogen and oxygen atoms in total. The number of anilines is 2. The molecule has 0 bridgehead atoms. The van der Waals surface area contributed by atoms with E-state index in [4.69, 9.17) is 4.74 Å². The van der Waals surface area contributed by atoms with Crippen LogP contribution in [0.5, 0.6) is 0 Å². The second-order valence-corrected chi connectivity index (χ2v) is 5.31. The molecule has 0 amide bonds. The van der Waals surface area contributed by atoms with E-state index in [2.05, 4.69) is 10.1 Å². The third-order valence-corrected chi connectivity index (χ3v) is 3.62. The van der Waals surface area contributed by atoms with Crippen molar-refractivity contribution in [1.82, 2.24) is 14.8 Å². The van der Waals surface area contributed by atoms with E-state index in [9.17, 15) is 4.79 Å². The van der Waals surface area contributed by atoms with Crippen LogP contribution in [0.4, 0.5) is 11.6 Å². The van der Waals surface area contributed by atoms with E-state index in [1.54, 1.807) is 23.0 Å². The van der Waals surface area contributed by atoms with Crippen LogP contribution in [0, 0.1) is 0 Å². The fourth-order valence-electron chi connectivity index (χ4n) is 2.39. The Morgan fingerprint density at radius 2 is 1.81 bits per heavy atom. The SMILES string of the molecule is CC.COC(=O)c1ccc(CN(c2ccccn2)c2ccn(C)n2)cc1. The summed E-state index contributed by atoms with van der Waals surface area (Å²) in [4.78, 5) is 18.0. The number of methoxy groups -OCH3 is 1. The molecule has 136 valence electrons. The van der Waals surface area contributed by atoms with Crippen molar-refractivity contribution < 1.29 is 9.53 Å². The van der Waals surface area contributed by atoms with Gasteiger partial charge < -0.3 is 9.64 Å². The van der Waals surface area contributed by atoms with Crippen LogP contribution < -0.4 is 4.90 Å². The van der Waals surface area contributed by atoms with E-state index in [0.29, 0.717) is 12.1 Å². The van der Waals surface area contributed by atoms with E-state index < -0.39 is 0 Å². The molecule has 0 aliphatic carbocycles. The van der Waals surface area contributed by atoms with Gasteiger partial charge in [0.2, 0.25) is 0 Å². The summed E-state index contributed by atoms with van der Waals surface area (Å²) in [6, 6.07) is 15.0. The Kier molecular flexibility index (Phi) is 6.91. The van der Waals surface area contributed by atoms with Gasteiger partial charge in [-0.25, -0.2) is 9.78 Å². The van der Waals surface area contributed by atoms with Gasteiger partial charge >= 0.3 is 5.97 Å². The van der Waals surface area contributed by atoms with Crippen LogP contribution in [0.2, 0.25) is 0 Å². The standard InChI is InChI=1S/C18H18N4O2.C2H6/c1-21-12-10-17(20-21)22(16-5-3-4-11-19-16)13-14-6-8-15(9-7-14)18(23)24-2;1-2/h3-12H,13H2,1-2H3;1-2H3. The summed E-state index contributed by atoms with van der Waals surface area (Å²) < 4.78 is 6.48. The van der Waals surface area contributed by atoms with Gasteiger partial charge in [-0.15, -0.1) is 0 Å². The largest absolute Gasteiger partial charge is 0.465 e. The van der Waals surface area contributed by atoms with Gasteiger partial charge in [-0.3, -0.25) is 4.68 Å². The number of benzene rings is 1.